The number of para-hydroxylation sites is 5. The number of nitrogens with zero attached hydrogens (tertiary/aromatic N) is 2. The van der Waals surface area contributed by atoms with E-state index in [0.29, 0.717) is 0 Å². The van der Waals surface area contributed by atoms with Crippen LogP contribution in [-0.4, -0.2) is 11.3 Å². The van der Waals surface area contributed by atoms with Gasteiger partial charge in [0.15, 0.2) is 0 Å². The van der Waals surface area contributed by atoms with E-state index in [1.807, 2.05) is 11.8 Å². The molecule has 0 spiro atoms. The van der Waals surface area contributed by atoms with Gasteiger partial charge in [0.05, 0.1) is 16.7 Å². The zero-order chi connectivity index (χ0) is 30.2. The van der Waals surface area contributed by atoms with Crippen LogP contribution >= 0.6 is 11.8 Å². The minimum absolute atomic E-state index is 0.201. The van der Waals surface area contributed by atoms with Crippen LogP contribution < -0.4 is 21.3 Å². The Bertz CT molecular complexity index is 2480. The molecular weight excluding hydrogens is 575 g/mol. The molecule has 7 aromatic carbocycles. The highest BCUT2D eigenvalue weighted by Gasteiger charge is 2.40. The number of rotatable bonds is 3. The maximum atomic E-state index is 2.52. The van der Waals surface area contributed by atoms with Gasteiger partial charge in [-0.2, -0.15) is 0 Å². The fourth-order valence-electron chi connectivity index (χ4n) is 7.82. The van der Waals surface area contributed by atoms with Crippen LogP contribution in [0.3, 0.4) is 0 Å². The molecule has 0 unspecified atom stereocenters. The summed E-state index contributed by atoms with van der Waals surface area (Å²) in [6.45, 7) is 0.201. The Morgan fingerprint density at radius 1 is 0.435 bits per heavy atom. The van der Waals surface area contributed by atoms with Crippen LogP contribution in [0.4, 0.5) is 17.1 Å². The standard InChI is InChI=1S/C42H27BN2S/c1-2-14-28(15-3-1)44-35-22-8-4-16-29(35)31-18-12-19-32(42(31)44)30-17-5-9-23-36(30)45-37-24-10-6-20-33(37)43-34-21-7-11-26-39(34)46-40-27-13-25-38(45)41(40)43/h1-27H. The van der Waals surface area contributed by atoms with Crippen molar-refractivity contribution in [3.63, 3.8) is 0 Å². The molecule has 2 nitrogen and oxygen atoms in total. The van der Waals surface area contributed by atoms with Gasteiger partial charge in [-0.15, -0.1) is 0 Å². The minimum atomic E-state index is 0.201. The Balaban J connectivity index is 1.27. The summed E-state index contributed by atoms with van der Waals surface area (Å²) >= 11 is 1.90. The van der Waals surface area contributed by atoms with Crippen molar-refractivity contribution in [2.45, 2.75) is 9.79 Å². The van der Waals surface area contributed by atoms with E-state index in [-0.39, 0.29) is 6.71 Å². The van der Waals surface area contributed by atoms with Crippen molar-refractivity contribution in [2.75, 3.05) is 4.90 Å². The second-order valence-corrected chi connectivity index (χ2v) is 13.1. The molecule has 0 saturated heterocycles. The van der Waals surface area contributed by atoms with Gasteiger partial charge in [0.1, 0.15) is 0 Å². The fraction of sp³-hybridized carbons (Fsp3) is 0. The molecule has 10 rings (SSSR count). The van der Waals surface area contributed by atoms with E-state index >= 15 is 0 Å². The molecule has 46 heavy (non-hydrogen) atoms. The summed E-state index contributed by atoms with van der Waals surface area (Å²) in [5.41, 5.74) is 13.9. The van der Waals surface area contributed by atoms with Gasteiger partial charge in [0, 0.05) is 48.8 Å². The van der Waals surface area contributed by atoms with Crippen LogP contribution in [0.25, 0.3) is 38.6 Å². The molecule has 3 heterocycles. The summed E-state index contributed by atoms with van der Waals surface area (Å²) in [6.07, 6.45) is 0. The van der Waals surface area contributed by atoms with Crippen LogP contribution in [-0.2, 0) is 0 Å². The van der Waals surface area contributed by atoms with Crippen molar-refractivity contribution in [1.29, 1.82) is 0 Å². The molecule has 0 bridgehead atoms. The Morgan fingerprint density at radius 3 is 1.98 bits per heavy atom. The largest absolute Gasteiger partial charge is 0.311 e. The van der Waals surface area contributed by atoms with Crippen molar-refractivity contribution >= 4 is 73.7 Å². The SMILES string of the molecule is c1ccc(-n2c3ccccc3c3cccc(-c4ccccc4N4c5ccccc5B5c6ccccc6Sc6cccc4c65)c32)cc1. The first-order valence-electron chi connectivity index (χ1n) is 15.8. The van der Waals surface area contributed by atoms with E-state index in [0.717, 1.165) is 5.69 Å². The molecule has 0 N–H and O–H groups in total. The Kier molecular flexibility index (Phi) is 5.64. The van der Waals surface area contributed by atoms with Gasteiger partial charge in [0.25, 0.3) is 0 Å². The molecular formula is C42H27BN2S. The normalized spacial score (nSPS) is 13.0. The van der Waals surface area contributed by atoms with Gasteiger partial charge in [-0.3, -0.25) is 0 Å². The molecule has 2 aliphatic heterocycles. The number of benzene rings is 7. The maximum absolute atomic E-state index is 2.52. The van der Waals surface area contributed by atoms with E-state index < -0.39 is 0 Å². The predicted octanol–water partition coefficient (Wildman–Crippen LogP) is 9.21. The van der Waals surface area contributed by atoms with Gasteiger partial charge in [-0.05, 0) is 59.5 Å². The molecule has 0 atom stereocenters. The highest BCUT2D eigenvalue weighted by Crippen LogP contribution is 2.46. The van der Waals surface area contributed by atoms with E-state index in [9.17, 15) is 0 Å². The van der Waals surface area contributed by atoms with E-state index in [2.05, 4.69) is 173 Å². The molecule has 0 fully saturated rings. The lowest BCUT2D eigenvalue weighted by atomic mass is 9.35. The van der Waals surface area contributed by atoms with E-state index in [1.165, 1.54) is 76.2 Å². The third-order valence-corrected chi connectivity index (χ3v) is 10.8. The average Bonchev–Trinajstić information content (AvgIpc) is 3.47. The second kappa shape index (κ2) is 10.0. The summed E-state index contributed by atoms with van der Waals surface area (Å²) < 4.78 is 2.44. The van der Waals surface area contributed by atoms with Gasteiger partial charge in [-0.1, -0.05) is 132 Å². The lowest BCUT2D eigenvalue weighted by molar-refractivity contribution is 1.18. The Labute approximate surface area is 272 Å². The van der Waals surface area contributed by atoms with Crippen LogP contribution in [0.1, 0.15) is 0 Å². The van der Waals surface area contributed by atoms with Gasteiger partial charge < -0.3 is 9.47 Å². The highest BCUT2D eigenvalue weighted by atomic mass is 32.2. The number of anilines is 3. The zero-order valence-corrected chi connectivity index (χ0v) is 25.8. The molecule has 8 aromatic rings. The Hall–Kier alpha value is -5.45. The highest BCUT2D eigenvalue weighted by molar-refractivity contribution is 8.00. The summed E-state index contributed by atoms with van der Waals surface area (Å²) in [5.74, 6) is 0. The van der Waals surface area contributed by atoms with Crippen molar-refractivity contribution in [3.8, 4) is 16.8 Å². The molecule has 0 saturated carbocycles. The van der Waals surface area contributed by atoms with E-state index in [4.69, 9.17) is 0 Å². The lowest BCUT2D eigenvalue weighted by Gasteiger charge is -2.40. The summed E-state index contributed by atoms with van der Waals surface area (Å²) in [6, 6.07) is 60.0. The van der Waals surface area contributed by atoms with Crippen molar-refractivity contribution in [2.24, 2.45) is 0 Å². The predicted molar refractivity (Wildman–Crippen MR) is 196 cm³/mol. The monoisotopic (exact) mass is 602 g/mol. The van der Waals surface area contributed by atoms with Gasteiger partial charge >= 0.3 is 0 Å². The number of fused-ring (bicyclic) bond motifs is 7. The molecule has 0 amide bonds. The van der Waals surface area contributed by atoms with Gasteiger partial charge in [0.2, 0.25) is 6.71 Å². The molecule has 1 aromatic heterocycles. The number of hydrogen-bond donors (Lipinski definition) is 0. The maximum Gasteiger partial charge on any atom is 0.249 e. The lowest BCUT2D eigenvalue weighted by Crippen LogP contribution is -2.59. The number of aromatic nitrogens is 1. The fourth-order valence-corrected chi connectivity index (χ4v) is 8.98. The molecule has 0 radical (unpaired) electrons. The summed E-state index contributed by atoms with van der Waals surface area (Å²) in [5, 5.41) is 2.52. The summed E-state index contributed by atoms with van der Waals surface area (Å²) in [4.78, 5) is 5.20. The number of hydrogen-bond acceptors (Lipinski definition) is 2. The first-order valence-corrected chi connectivity index (χ1v) is 16.6. The third-order valence-electron chi connectivity index (χ3n) is 9.66. The first-order chi connectivity index (χ1) is 22.9. The van der Waals surface area contributed by atoms with Crippen molar-refractivity contribution in [3.05, 3.63) is 164 Å². The quantitative estimate of drug-likeness (QED) is 0.186. The van der Waals surface area contributed by atoms with Crippen LogP contribution in [0, 0.1) is 0 Å². The van der Waals surface area contributed by atoms with Gasteiger partial charge in [-0.25, -0.2) is 0 Å². The third kappa shape index (κ3) is 3.62. The smallest absolute Gasteiger partial charge is 0.249 e. The van der Waals surface area contributed by atoms with Crippen LogP contribution in [0.5, 0.6) is 0 Å². The second-order valence-electron chi connectivity index (χ2n) is 12.1. The molecule has 0 aliphatic carbocycles. The zero-order valence-electron chi connectivity index (χ0n) is 25.0. The first kappa shape index (κ1) is 25.8. The molecule has 214 valence electrons. The van der Waals surface area contributed by atoms with Crippen molar-refractivity contribution < 1.29 is 0 Å². The van der Waals surface area contributed by atoms with Crippen molar-refractivity contribution in [1.82, 2.24) is 4.57 Å². The van der Waals surface area contributed by atoms with Crippen LogP contribution in [0.2, 0.25) is 0 Å². The topological polar surface area (TPSA) is 8.17 Å². The van der Waals surface area contributed by atoms with E-state index in [1.54, 1.807) is 0 Å². The molecule has 4 heteroatoms. The minimum Gasteiger partial charge on any atom is -0.311 e. The van der Waals surface area contributed by atoms with Crippen LogP contribution in [0.15, 0.2) is 174 Å². The molecule has 2 aliphatic rings. The summed E-state index contributed by atoms with van der Waals surface area (Å²) in [7, 11) is 0. The Morgan fingerprint density at radius 2 is 1.07 bits per heavy atom. The average molecular weight is 603 g/mol.